The lowest BCUT2D eigenvalue weighted by Crippen LogP contribution is -1.88. The van der Waals surface area contributed by atoms with Gasteiger partial charge in [0.25, 0.3) is 0 Å². The van der Waals surface area contributed by atoms with Crippen molar-refractivity contribution >= 4 is 38.6 Å². The molecule has 0 fully saturated rings. The summed E-state index contributed by atoms with van der Waals surface area (Å²) < 4.78 is 5.76. The normalized spacial score (nSPS) is 11.4. The van der Waals surface area contributed by atoms with E-state index in [9.17, 15) is 10.4 Å². The van der Waals surface area contributed by atoms with E-state index < -0.39 is 0 Å². The van der Waals surface area contributed by atoms with Crippen molar-refractivity contribution < 1.29 is 9.84 Å². The average Bonchev–Trinajstić information content (AvgIpc) is 2.98. The minimum absolute atomic E-state index is 0.0266. The number of phenolic OH excluding ortho intramolecular Hbond substituents is 1. The van der Waals surface area contributed by atoms with Crippen molar-refractivity contribution in [3.63, 3.8) is 0 Å². The summed E-state index contributed by atoms with van der Waals surface area (Å²) in [5, 5.41) is 19.2. The Kier molecular flexibility index (Phi) is 4.04. The predicted octanol–water partition coefficient (Wildman–Crippen LogP) is 4.10. The second-order valence-electron chi connectivity index (χ2n) is 4.82. The van der Waals surface area contributed by atoms with Gasteiger partial charge in [-0.05, 0) is 35.9 Å². The van der Waals surface area contributed by atoms with Crippen molar-refractivity contribution in [2.24, 2.45) is 0 Å². The number of allylic oxidation sites excluding steroid dienone is 1. The number of aromatic amines is 1. The maximum Gasteiger partial charge on any atom is 0.161 e. The van der Waals surface area contributed by atoms with Crippen LogP contribution in [0.3, 0.4) is 0 Å². The van der Waals surface area contributed by atoms with Crippen molar-refractivity contribution in [3.8, 4) is 17.6 Å². The van der Waals surface area contributed by atoms with E-state index in [4.69, 9.17) is 4.74 Å². The molecule has 5 nitrogen and oxygen atoms in total. The monoisotopic (exact) mass is 369 g/mol. The van der Waals surface area contributed by atoms with Crippen LogP contribution in [0.4, 0.5) is 0 Å². The Hall–Kier alpha value is -2.78. The second kappa shape index (κ2) is 6.15. The molecule has 1 aromatic heterocycles. The second-order valence-corrected chi connectivity index (χ2v) is 5.67. The maximum atomic E-state index is 9.76. The highest BCUT2D eigenvalue weighted by atomic mass is 79.9. The van der Waals surface area contributed by atoms with Crippen LogP contribution in [0.2, 0.25) is 0 Å². The standard InChI is InChI=1S/C17H12BrN3O2/c1-23-16-7-10(12(18)8-15(16)22)6-11(9-19)17-20-13-4-2-3-5-14(13)21-17/h2-8,22H,1H3,(H,20,21)/b11-6-. The van der Waals surface area contributed by atoms with Crippen LogP contribution in [-0.2, 0) is 0 Å². The van der Waals surface area contributed by atoms with Gasteiger partial charge in [0.15, 0.2) is 11.5 Å². The van der Waals surface area contributed by atoms with Crippen LogP contribution in [0.25, 0.3) is 22.7 Å². The summed E-state index contributed by atoms with van der Waals surface area (Å²) in [4.78, 5) is 7.56. The number of H-pyrrole nitrogens is 1. The summed E-state index contributed by atoms with van der Waals surface area (Å²) in [7, 11) is 1.47. The van der Waals surface area contributed by atoms with E-state index in [2.05, 4.69) is 32.0 Å². The van der Waals surface area contributed by atoms with Gasteiger partial charge in [-0.2, -0.15) is 5.26 Å². The van der Waals surface area contributed by atoms with E-state index >= 15 is 0 Å². The van der Waals surface area contributed by atoms with Crippen LogP contribution in [0.1, 0.15) is 11.4 Å². The molecule has 0 atom stereocenters. The first kappa shape index (κ1) is 15.1. The first-order chi connectivity index (χ1) is 11.1. The molecule has 0 aliphatic rings. The van der Waals surface area contributed by atoms with Crippen LogP contribution in [0.5, 0.6) is 11.5 Å². The molecule has 3 rings (SSSR count). The van der Waals surface area contributed by atoms with Gasteiger partial charge >= 0.3 is 0 Å². The van der Waals surface area contributed by atoms with Crippen molar-refractivity contribution in [2.45, 2.75) is 0 Å². The topological polar surface area (TPSA) is 81.9 Å². The molecular weight excluding hydrogens is 358 g/mol. The summed E-state index contributed by atoms with van der Waals surface area (Å²) in [5.74, 6) is 0.854. The fourth-order valence-electron chi connectivity index (χ4n) is 2.22. The number of benzene rings is 2. The van der Waals surface area contributed by atoms with E-state index in [0.29, 0.717) is 27.2 Å². The Morgan fingerprint density at radius 2 is 2.17 bits per heavy atom. The van der Waals surface area contributed by atoms with Crippen LogP contribution < -0.4 is 4.74 Å². The molecule has 0 spiro atoms. The van der Waals surface area contributed by atoms with Gasteiger partial charge in [0.2, 0.25) is 0 Å². The number of hydrogen-bond donors (Lipinski definition) is 2. The summed E-state index contributed by atoms with van der Waals surface area (Å²) >= 11 is 3.38. The van der Waals surface area contributed by atoms with Crippen LogP contribution in [0, 0.1) is 11.3 Å². The van der Waals surface area contributed by atoms with Gasteiger partial charge in [-0.25, -0.2) is 4.98 Å². The summed E-state index contributed by atoms with van der Waals surface area (Å²) in [6.45, 7) is 0. The van der Waals surface area contributed by atoms with Gasteiger partial charge in [0, 0.05) is 4.47 Å². The Bertz CT molecular complexity index is 921. The minimum Gasteiger partial charge on any atom is -0.504 e. The number of nitrogens with zero attached hydrogens (tertiary/aromatic N) is 2. The summed E-state index contributed by atoms with van der Waals surface area (Å²) in [6, 6.07) is 12.9. The number of halogens is 1. The average molecular weight is 370 g/mol. The van der Waals surface area contributed by atoms with Gasteiger partial charge in [0.1, 0.15) is 11.9 Å². The summed E-state index contributed by atoms with van der Waals surface area (Å²) in [6.07, 6.45) is 1.68. The maximum absolute atomic E-state index is 9.76. The number of aromatic nitrogens is 2. The number of nitrogens with one attached hydrogen (secondary N) is 1. The zero-order chi connectivity index (χ0) is 16.4. The Balaban J connectivity index is 2.10. The molecule has 0 aliphatic heterocycles. The number of ether oxygens (including phenoxy) is 1. The van der Waals surface area contributed by atoms with Crippen LogP contribution >= 0.6 is 15.9 Å². The fourth-order valence-corrected chi connectivity index (χ4v) is 2.67. The molecule has 0 amide bonds. The Morgan fingerprint density at radius 3 is 2.87 bits per heavy atom. The lowest BCUT2D eigenvalue weighted by molar-refractivity contribution is 0.373. The predicted molar refractivity (Wildman–Crippen MR) is 91.9 cm³/mol. The first-order valence-corrected chi connectivity index (χ1v) is 7.55. The van der Waals surface area contributed by atoms with Gasteiger partial charge < -0.3 is 14.8 Å². The van der Waals surface area contributed by atoms with Crippen LogP contribution in [-0.4, -0.2) is 22.2 Å². The number of aromatic hydroxyl groups is 1. The highest BCUT2D eigenvalue weighted by molar-refractivity contribution is 9.10. The molecule has 0 radical (unpaired) electrons. The number of fused-ring (bicyclic) bond motifs is 1. The number of para-hydroxylation sites is 2. The molecule has 1 heterocycles. The lowest BCUT2D eigenvalue weighted by atomic mass is 10.1. The largest absolute Gasteiger partial charge is 0.504 e. The lowest BCUT2D eigenvalue weighted by Gasteiger charge is -2.06. The number of imidazole rings is 1. The smallest absolute Gasteiger partial charge is 0.161 e. The molecular formula is C17H12BrN3O2. The van der Waals surface area contributed by atoms with Crippen molar-refractivity contribution in [1.82, 2.24) is 9.97 Å². The van der Waals surface area contributed by atoms with Crippen LogP contribution in [0.15, 0.2) is 40.9 Å². The zero-order valence-corrected chi connectivity index (χ0v) is 13.8. The number of hydrogen-bond acceptors (Lipinski definition) is 4. The van der Waals surface area contributed by atoms with E-state index in [1.165, 1.54) is 13.2 Å². The highest BCUT2D eigenvalue weighted by Gasteiger charge is 2.11. The molecule has 6 heteroatoms. The van der Waals surface area contributed by atoms with Crippen molar-refractivity contribution in [1.29, 1.82) is 5.26 Å². The zero-order valence-electron chi connectivity index (χ0n) is 12.2. The molecule has 0 unspecified atom stereocenters. The summed E-state index contributed by atoms with van der Waals surface area (Å²) in [5.41, 5.74) is 2.75. The van der Waals surface area contributed by atoms with E-state index in [1.54, 1.807) is 12.1 Å². The quantitative estimate of drug-likeness (QED) is 0.680. The molecule has 0 saturated carbocycles. The number of phenols is 1. The molecule has 0 saturated heterocycles. The van der Waals surface area contributed by atoms with Gasteiger partial charge in [-0.3, -0.25) is 0 Å². The third-order valence-corrected chi connectivity index (χ3v) is 4.05. The molecule has 114 valence electrons. The molecule has 23 heavy (non-hydrogen) atoms. The van der Waals surface area contributed by atoms with Crippen molar-refractivity contribution in [3.05, 3.63) is 52.3 Å². The third kappa shape index (κ3) is 2.91. The highest BCUT2D eigenvalue weighted by Crippen LogP contribution is 2.34. The Labute approximate surface area is 141 Å². The van der Waals surface area contributed by atoms with E-state index in [-0.39, 0.29) is 5.75 Å². The minimum atomic E-state index is 0.0266. The van der Waals surface area contributed by atoms with E-state index in [0.717, 1.165) is 11.0 Å². The van der Waals surface area contributed by atoms with Gasteiger partial charge in [0.05, 0.1) is 23.7 Å². The fraction of sp³-hybridized carbons (Fsp3) is 0.0588. The number of nitriles is 1. The van der Waals surface area contributed by atoms with Gasteiger partial charge in [-0.15, -0.1) is 0 Å². The number of rotatable bonds is 3. The Morgan fingerprint density at radius 1 is 1.39 bits per heavy atom. The van der Waals surface area contributed by atoms with Gasteiger partial charge in [-0.1, -0.05) is 28.1 Å². The number of methoxy groups -OCH3 is 1. The van der Waals surface area contributed by atoms with E-state index in [1.807, 2.05) is 24.3 Å². The molecule has 0 aliphatic carbocycles. The SMILES string of the molecule is COc1cc(/C=C(/C#N)c2nc3ccccc3[nH]2)c(Br)cc1O. The first-order valence-electron chi connectivity index (χ1n) is 6.76. The molecule has 0 bridgehead atoms. The third-order valence-electron chi connectivity index (χ3n) is 3.36. The molecule has 2 N–H and O–H groups in total. The molecule has 2 aromatic carbocycles. The van der Waals surface area contributed by atoms with Crippen molar-refractivity contribution in [2.75, 3.05) is 7.11 Å². The molecule has 3 aromatic rings.